The second-order valence-corrected chi connectivity index (χ2v) is 12.8. The third-order valence-electron chi connectivity index (χ3n) is 4.16. The second kappa shape index (κ2) is 8.75. The van der Waals surface area contributed by atoms with E-state index in [4.69, 9.17) is 4.43 Å². The lowest BCUT2D eigenvalue weighted by atomic mass is 10.1. The van der Waals surface area contributed by atoms with E-state index in [1.807, 2.05) is 0 Å². The van der Waals surface area contributed by atoms with Crippen LogP contribution >= 0.6 is 15.9 Å². The van der Waals surface area contributed by atoms with Crippen molar-refractivity contribution in [3.8, 4) is 0 Å². The molecule has 0 N–H and O–H groups in total. The average Bonchev–Trinajstić information content (AvgIpc) is 2.25. The van der Waals surface area contributed by atoms with Gasteiger partial charge in [0.25, 0.3) is 0 Å². The van der Waals surface area contributed by atoms with E-state index in [-0.39, 0.29) is 0 Å². The number of halogens is 1. The van der Waals surface area contributed by atoms with Crippen LogP contribution in [0.5, 0.6) is 0 Å². The fourth-order valence-corrected chi connectivity index (χ4v) is 9.19. The van der Waals surface area contributed by atoms with Crippen LogP contribution in [0.25, 0.3) is 0 Å². The van der Waals surface area contributed by atoms with Crippen LogP contribution in [-0.4, -0.2) is 20.3 Å². The molecular formula is C15H33BrOSi. The normalized spacial score (nSPS) is 14.8. The van der Waals surface area contributed by atoms with E-state index >= 15 is 0 Å². The van der Waals surface area contributed by atoms with Crippen molar-refractivity contribution in [3.63, 3.8) is 0 Å². The van der Waals surface area contributed by atoms with Crippen molar-refractivity contribution >= 4 is 24.2 Å². The van der Waals surface area contributed by atoms with Crippen molar-refractivity contribution in [1.29, 1.82) is 0 Å². The SMILES string of the molecule is CC(C)[Si](OC[C@@H](C)CCCBr)(C(C)C)C(C)C. The lowest BCUT2D eigenvalue weighted by molar-refractivity contribution is 0.223. The Morgan fingerprint density at radius 3 is 1.67 bits per heavy atom. The van der Waals surface area contributed by atoms with E-state index in [1.165, 1.54) is 12.8 Å². The quantitative estimate of drug-likeness (QED) is 0.371. The summed E-state index contributed by atoms with van der Waals surface area (Å²) in [5, 5.41) is 1.11. The predicted octanol–water partition coefficient (Wildman–Crippen LogP) is 5.99. The molecule has 0 radical (unpaired) electrons. The van der Waals surface area contributed by atoms with Gasteiger partial charge in [0.15, 0.2) is 8.32 Å². The van der Waals surface area contributed by atoms with Crippen molar-refractivity contribution < 1.29 is 4.43 Å². The molecule has 0 unspecified atom stereocenters. The summed E-state index contributed by atoms with van der Waals surface area (Å²) in [6.45, 7) is 17.4. The van der Waals surface area contributed by atoms with Gasteiger partial charge >= 0.3 is 0 Å². The molecule has 0 aromatic rings. The summed E-state index contributed by atoms with van der Waals surface area (Å²) in [5.41, 5.74) is 2.09. The summed E-state index contributed by atoms with van der Waals surface area (Å²) in [4.78, 5) is 0. The van der Waals surface area contributed by atoms with E-state index in [9.17, 15) is 0 Å². The Kier molecular flexibility index (Phi) is 9.07. The molecule has 0 aliphatic carbocycles. The smallest absolute Gasteiger partial charge is 0.200 e. The molecule has 0 aromatic heterocycles. The molecular weight excluding hydrogens is 304 g/mol. The zero-order chi connectivity index (χ0) is 14.3. The van der Waals surface area contributed by atoms with Gasteiger partial charge in [-0.15, -0.1) is 0 Å². The van der Waals surface area contributed by atoms with Crippen LogP contribution < -0.4 is 0 Å². The van der Waals surface area contributed by atoms with Gasteiger partial charge in [0.05, 0.1) is 0 Å². The van der Waals surface area contributed by atoms with Crippen LogP contribution in [-0.2, 0) is 4.43 Å². The lowest BCUT2D eigenvalue weighted by Gasteiger charge is -2.42. The van der Waals surface area contributed by atoms with Gasteiger partial charge in [-0.25, -0.2) is 0 Å². The first kappa shape index (κ1) is 18.7. The van der Waals surface area contributed by atoms with Gasteiger partial charge in [-0.3, -0.25) is 0 Å². The maximum atomic E-state index is 6.60. The molecule has 0 spiro atoms. The van der Waals surface area contributed by atoms with Crippen LogP contribution in [0.3, 0.4) is 0 Å². The summed E-state index contributed by atoms with van der Waals surface area (Å²) < 4.78 is 6.60. The van der Waals surface area contributed by atoms with E-state index < -0.39 is 8.32 Å². The van der Waals surface area contributed by atoms with Crippen molar-refractivity contribution in [2.24, 2.45) is 5.92 Å². The molecule has 0 aliphatic rings. The molecule has 1 nitrogen and oxygen atoms in total. The minimum Gasteiger partial charge on any atom is -0.416 e. The monoisotopic (exact) mass is 336 g/mol. The van der Waals surface area contributed by atoms with E-state index in [0.29, 0.717) is 22.5 Å². The third-order valence-corrected chi connectivity index (χ3v) is 10.8. The molecule has 0 saturated heterocycles. The highest BCUT2D eigenvalue weighted by Gasteiger charge is 2.45. The van der Waals surface area contributed by atoms with Gasteiger partial charge in [-0.05, 0) is 35.4 Å². The van der Waals surface area contributed by atoms with Gasteiger partial charge in [0, 0.05) is 11.9 Å². The van der Waals surface area contributed by atoms with Gasteiger partial charge < -0.3 is 4.43 Å². The first-order valence-corrected chi connectivity index (χ1v) is 10.7. The summed E-state index contributed by atoms with van der Waals surface area (Å²) >= 11 is 3.51. The molecule has 0 amide bonds. The van der Waals surface area contributed by atoms with Gasteiger partial charge in [-0.1, -0.05) is 64.4 Å². The van der Waals surface area contributed by atoms with Crippen LogP contribution in [0.1, 0.15) is 61.3 Å². The van der Waals surface area contributed by atoms with Crippen molar-refractivity contribution in [1.82, 2.24) is 0 Å². The van der Waals surface area contributed by atoms with Crippen molar-refractivity contribution in [3.05, 3.63) is 0 Å². The molecule has 110 valence electrons. The fourth-order valence-electron chi connectivity index (χ4n) is 3.30. The van der Waals surface area contributed by atoms with E-state index in [0.717, 1.165) is 11.9 Å². The minimum atomic E-state index is -1.64. The second-order valence-electron chi connectivity index (χ2n) is 6.57. The summed E-state index contributed by atoms with van der Waals surface area (Å²) in [5.74, 6) is 0.686. The number of alkyl halides is 1. The summed E-state index contributed by atoms with van der Waals surface area (Å²) in [6, 6.07) is 0. The summed E-state index contributed by atoms with van der Waals surface area (Å²) in [7, 11) is -1.64. The zero-order valence-electron chi connectivity index (χ0n) is 13.4. The van der Waals surface area contributed by atoms with E-state index in [2.05, 4.69) is 64.4 Å². The Morgan fingerprint density at radius 2 is 1.33 bits per heavy atom. The Labute approximate surface area is 124 Å². The Hall–Kier alpha value is 0.657. The molecule has 0 saturated carbocycles. The molecule has 0 fully saturated rings. The number of hydrogen-bond acceptors (Lipinski definition) is 1. The zero-order valence-corrected chi connectivity index (χ0v) is 16.0. The first-order valence-electron chi connectivity index (χ1n) is 7.48. The fraction of sp³-hybridized carbons (Fsp3) is 1.00. The molecule has 1 atom stereocenters. The highest BCUT2D eigenvalue weighted by atomic mass is 79.9. The van der Waals surface area contributed by atoms with Crippen LogP contribution in [0.4, 0.5) is 0 Å². The number of hydrogen-bond donors (Lipinski definition) is 0. The minimum absolute atomic E-state index is 0.686. The van der Waals surface area contributed by atoms with Gasteiger partial charge in [0.1, 0.15) is 0 Å². The lowest BCUT2D eigenvalue weighted by Crippen LogP contribution is -2.48. The molecule has 0 heterocycles. The maximum absolute atomic E-state index is 6.60. The van der Waals surface area contributed by atoms with Crippen LogP contribution in [0.15, 0.2) is 0 Å². The predicted molar refractivity (Wildman–Crippen MR) is 89.2 cm³/mol. The standard InChI is InChI=1S/C15H33BrOSi/c1-12(2)18(13(3)4,14(5)6)17-11-15(7)9-8-10-16/h12-15H,8-11H2,1-7H3/t15-/m0/s1. The number of rotatable bonds is 9. The van der Waals surface area contributed by atoms with Crippen molar-refractivity contribution in [2.75, 3.05) is 11.9 Å². The Morgan fingerprint density at radius 1 is 0.889 bits per heavy atom. The summed E-state index contributed by atoms with van der Waals surface area (Å²) in [6.07, 6.45) is 2.52. The van der Waals surface area contributed by atoms with Crippen LogP contribution in [0, 0.1) is 5.92 Å². The Bertz CT molecular complexity index is 195. The third kappa shape index (κ3) is 4.97. The largest absolute Gasteiger partial charge is 0.416 e. The molecule has 0 aromatic carbocycles. The molecule has 0 rings (SSSR count). The van der Waals surface area contributed by atoms with Gasteiger partial charge in [0.2, 0.25) is 0 Å². The first-order chi connectivity index (χ1) is 8.28. The van der Waals surface area contributed by atoms with Crippen molar-refractivity contribution in [2.45, 2.75) is 77.9 Å². The average molecular weight is 337 g/mol. The molecule has 3 heteroatoms. The highest BCUT2D eigenvalue weighted by Crippen LogP contribution is 2.42. The topological polar surface area (TPSA) is 9.23 Å². The van der Waals surface area contributed by atoms with Crippen LogP contribution in [0.2, 0.25) is 16.6 Å². The highest BCUT2D eigenvalue weighted by molar-refractivity contribution is 9.09. The molecule has 18 heavy (non-hydrogen) atoms. The van der Waals surface area contributed by atoms with Gasteiger partial charge in [-0.2, -0.15) is 0 Å². The molecule has 0 aliphatic heterocycles. The molecule has 0 bridgehead atoms. The Balaban J connectivity index is 4.60. The van der Waals surface area contributed by atoms with E-state index in [1.54, 1.807) is 0 Å². The maximum Gasteiger partial charge on any atom is 0.200 e.